The second-order valence-electron chi connectivity index (χ2n) is 5.46. The third kappa shape index (κ3) is 9.31. The van der Waals surface area contributed by atoms with Crippen LogP contribution in [0.1, 0.15) is 20.3 Å². The lowest BCUT2D eigenvalue weighted by atomic mass is 10.3. The Balaban J connectivity index is 2.33. The molecule has 2 N–H and O–H groups in total. The van der Waals surface area contributed by atoms with Crippen molar-refractivity contribution in [3.05, 3.63) is 30.3 Å². The van der Waals surface area contributed by atoms with Gasteiger partial charge in [-0.25, -0.2) is 12.7 Å². The standard InChI is InChI=1S/C17H30N4O3S/c1-4-18-17(19-12-9-14-21(5-2)25(3,22)23)20-13-15-24-16-10-7-6-8-11-16/h6-8,10-11H,4-5,9,12-15H2,1-3H3,(H2,18,19,20). The number of sulfonamides is 1. The van der Waals surface area contributed by atoms with Gasteiger partial charge in [-0.05, 0) is 25.5 Å². The summed E-state index contributed by atoms with van der Waals surface area (Å²) in [6.07, 6.45) is 1.91. The summed E-state index contributed by atoms with van der Waals surface area (Å²) in [6, 6.07) is 9.65. The minimum atomic E-state index is -3.13. The number of hydrogen-bond acceptors (Lipinski definition) is 4. The number of aliphatic imine (C=N–C) groups is 1. The molecular formula is C17H30N4O3S. The molecule has 0 fully saturated rings. The van der Waals surface area contributed by atoms with E-state index in [0.29, 0.717) is 45.2 Å². The second-order valence-corrected chi connectivity index (χ2v) is 7.44. The van der Waals surface area contributed by atoms with Gasteiger partial charge in [-0.1, -0.05) is 25.1 Å². The van der Waals surface area contributed by atoms with Gasteiger partial charge in [0, 0.05) is 26.2 Å². The predicted octanol–water partition coefficient (Wildman–Crippen LogP) is 1.29. The van der Waals surface area contributed by atoms with Crippen LogP contribution in [0.3, 0.4) is 0 Å². The SMILES string of the molecule is CCNC(=NCCCN(CC)S(C)(=O)=O)NCCOc1ccccc1. The Bertz CT molecular complexity index is 606. The maximum Gasteiger partial charge on any atom is 0.211 e. The molecule has 0 heterocycles. The number of rotatable bonds is 11. The van der Waals surface area contributed by atoms with Gasteiger partial charge in [-0.15, -0.1) is 0 Å². The molecule has 0 saturated heterocycles. The van der Waals surface area contributed by atoms with Crippen molar-refractivity contribution < 1.29 is 13.2 Å². The monoisotopic (exact) mass is 370 g/mol. The van der Waals surface area contributed by atoms with Gasteiger partial charge in [0.25, 0.3) is 0 Å². The number of ether oxygens (including phenoxy) is 1. The van der Waals surface area contributed by atoms with Gasteiger partial charge in [-0.3, -0.25) is 4.99 Å². The highest BCUT2D eigenvalue weighted by Gasteiger charge is 2.12. The van der Waals surface area contributed by atoms with Crippen molar-refractivity contribution in [2.24, 2.45) is 4.99 Å². The quantitative estimate of drug-likeness (QED) is 0.348. The molecule has 25 heavy (non-hydrogen) atoms. The second kappa shape index (κ2) is 11.7. The number of para-hydroxylation sites is 1. The molecule has 8 heteroatoms. The molecule has 0 saturated carbocycles. The molecule has 0 aliphatic carbocycles. The van der Waals surface area contributed by atoms with Gasteiger partial charge in [0.2, 0.25) is 10.0 Å². The maximum absolute atomic E-state index is 11.5. The smallest absolute Gasteiger partial charge is 0.211 e. The Labute approximate surface area is 151 Å². The van der Waals surface area contributed by atoms with Gasteiger partial charge in [0.15, 0.2) is 5.96 Å². The molecule has 1 aromatic rings. The van der Waals surface area contributed by atoms with Crippen molar-refractivity contribution in [1.82, 2.24) is 14.9 Å². The first-order valence-corrected chi connectivity index (χ1v) is 10.5. The zero-order valence-corrected chi connectivity index (χ0v) is 16.2. The molecule has 142 valence electrons. The highest BCUT2D eigenvalue weighted by molar-refractivity contribution is 7.88. The molecule has 0 unspecified atom stereocenters. The molecule has 0 radical (unpaired) electrons. The van der Waals surface area contributed by atoms with Crippen LogP contribution >= 0.6 is 0 Å². The number of nitrogens with zero attached hydrogens (tertiary/aromatic N) is 2. The summed E-state index contributed by atoms with van der Waals surface area (Å²) in [4.78, 5) is 4.46. The van der Waals surface area contributed by atoms with Crippen LogP contribution in [0.15, 0.2) is 35.3 Å². The summed E-state index contributed by atoms with van der Waals surface area (Å²) in [5.74, 6) is 1.55. The molecule has 0 spiro atoms. The first-order chi connectivity index (χ1) is 12.0. The minimum absolute atomic E-state index is 0.482. The molecule has 7 nitrogen and oxygen atoms in total. The van der Waals surface area contributed by atoms with Crippen molar-refractivity contribution >= 4 is 16.0 Å². The Morgan fingerprint density at radius 2 is 1.92 bits per heavy atom. The van der Waals surface area contributed by atoms with Crippen molar-refractivity contribution in [3.8, 4) is 5.75 Å². The first-order valence-electron chi connectivity index (χ1n) is 8.62. The average molecular weight is 371 g/mol. The van der Waals surface area contributed by atoms with E-state index in [1.807, 2.05) is 44.2 Å². The van der Waals surface area contributed by atoms with Gasteiger partial charge < -0.3 is 15.4 Å². The van der Waals surface area contributed by atoms with E-state index in [4.69, 9.17) is 4.74 Å². The van der Waals surface area contributed by atoms with Crippen molar-refractivity contribution in [1.29, 1.82) is 0 Å². The van der Waals surface area contributed by atoms with Crippen LogP contribution in [-0.2, 0) is 10.0 Å². The number of benzene rings is 1. The summed E-state index contributed by atoms with van der Waals surface area (Å²) in [6.45, 7) is 7.28. The third-order valence-electron chi connectivity index (χ3n) is 3.41. The zero-order chi connectivity index (χ0) is 18.5. The van der Waals surface area contributed by atoms with E-state index in [-0.39, 0.29) is 0 Å². The molecule has 0 aliphatic heterocycles. The fourth-order valence-corrected chi connectivity index (χ4v) is 3.12. The van der Waals surface area contributed by atoms with Crippen LogP contribution in [0.2, 0.25) is 0 Å². The van der Waals surface area contributed by atoms with Crippen LogP contribution in [0, 0.1) is 0 Å². The van der Waals surface area contributed by atoms with Crippen LogP contribution in [0.5, 0.6) is 5.75 Å². The molecule has 0 atom stereocenters. The van der Waals surface area contributed by atoms with Gasteiger partial charge in [0.1, 0.15) is 12.4 Å². The summed E-state index contributed by atoms with van der Waals surface area (Å²) in [5.41, 5.74) is 0. The van der Waals surface area contributed by atoms with Crippen molar-refractivity contribution in [2.45, 2.75) is 20.3 Å². The fourth-order valence-electron chi connectivity index (χ4n) is 2.19. The predicted molar refractivity (Wildman–Crippen MR) is 103 cm³/mol. The molecule has 1 aromatic carbocycles. The van der Waals surface area contributed by atoms with E-state index in [1.54, 1.807) is 0 Å². The molecule has 0 bridgehead atoms. The molecular weight excluding hydrogens is 340 g/mol. The first kappa shape index (κ1) is 21.2. The Kier molecular flexibility index (Phi) is 9.94. The van der Waals surface area contributed by atoms with Gasteiger partial charge in [-0.2, -0.15) is 0 Å². The Morgan fingerprint density at radius 3 is 2.52 bits per heavy atom. The summed E-state index contributed by atoms with van der Waals surface area (Å²) < 4.78 is 30.2. The van der Waals surface area contributed by atoms with Crippen LogP contribution < -0.4 is 15.4 Å². The third-order valence-corrected chi connectivity index (χ3v) is 4.79. The average Bonchev–Trinajstić information content (AvgIpc) is 2.58. The van der Waals surface area contributed by atoms with E-state index in [0.717, 1.165) is 12.3 Å². The molecule has 0 amide bonds. The van der Waals surface area contributed by atoms with Crippen LogP contribution in [-0.4, -0.2) is 64.3 Å². The maximum atomic E-state index is 11.5. The number of guanidine groups is 1. The lowest BCUT2D eigenvalue weighted by Gasteiger charge is -2.17. The topological polar surface area (TPSA) is 83.0 Å². The van der Waals surface area contributed by atoms with E-state index >= 15 is 0 Å². The summed E-state index contributed by atoms with van der Waals surface area (Å²) in [5, 5.41) is 6.37. The largest absolute Gasteiger partial charge is 0.492 e. The van der Waals surface area contributed by atoms with Crippen molar-refractivity contribution in [2.75, 3.05) is 45.6 Å². The summed E-state index contributed by atoms with van der Waals surface area (Å²) in [7, 11) is -3.13. The Morgan fingerprint density at radius 1 is 1.20 bits per heavy atom. The van der Waals surface area contributed by atoms with Gasteiger partial charge in [0.05, 0.1) is 12.8 Å². The zero-order valence-electron chi connectivity index (χ0n) is 15.4. The molecule has 1 rings (SSSR count). The van der Waals surface area contributed by atoms with Crippen molar-refractivity contribution in [3.63, 3.8) is 0 Å². The minimum Gasteiger partial charge on any atom is -0.492 e. The Hall–Kier alpha value is -1.80. The number of nitrogens with one attached hydrogen (secondary N) is 2. The highest BCUT2D eigenvalue weighted by atomic mass is 32.2. The fraction of sp³-hybridized carbons (Fsp3) is 0.588. The lowest BCUT2D eigenvalue weighted by Crippen LogP contribution is -2.39. The van der Waals surface area contributed by atoms with Gasteiger partial charge >= 0.3 is 0 Å². The number of hydrogen-bond donors (Lipinski definition) is 2. The normalized spacial score (nSPS) is 12.2. The summed E-state index contributed by atoms with van der Waals surface area (Å²) >= 11 is 0. The van der Waals surface area contributed by atoms with E-state index < -0.39 is 10.0 Å². The van der Waals surface area contributed by atoms with E-state index in [9.17, 15) is 8.42 Å². The highest BCUT2D eigenvalue weighted by Crippen LogP contribution is 2.07. The van der Waals surface area contributed by atoms with E-state index in [1.165, 1.54) is 10.6 Å². The van der Waals surface area contributed by atoms with Crippen LogP contribution in [0.4, 0.5) is 0 Å². The van der Waals surface area contributed by atoms with Crippen LogP contribution in [0.25, 0.3) is 0 Å². The molecule has 0 aromatic heterocycles. The van der Waals surface area contributed by atoms with E-state index in [2.05, 4.69) is 15.6 Å². The lowest BCUT2D eigenvalue weighted by molar-refractivity contribution is 0.322. The molecule has 0 aliphatic rings.